The van der Waals surface area contributed by atoms with E-state index in [0.29, 0.717) is 42.1 Å². The monoisotopic (exact) mass is 606 g/mol. The van der Waals surface area contributed by atoms with E-state index in [1.807, 2.05) is 0 Å². The molecule has 1 heterocycles. The van der Waals surface area contributed by atoms with Crippen LogP contribution in [0.25, 0.3) is 0 Å². The number of rotatable bonds is 8. The average Bonchev–Trinajstić information content (AvgIpc) is 2.96. The second-order valence-electron chi connectivity index (χ2n) is 18.9. The number of allylic oxidation sites excluding steroid dienone is 4. The summed E-state index contributed by atoms with van der Waals surface area (Å²) < 4.78 is 13.7. The van der Waals surface area contributed by atoms with Crippen molar-refractivity contribution in [2.24, 2.45) is 68.8 Å². The highest BCUT2D eigenvalue weighted by molar-refractivity contribution is 5.40. The maximum atomic E-state index is 7.09. The zero-order valence-electron chi connectivity index (χ0n) is 30.6. The Labute approximate surface area is 271 Å². The minimum absolute atomic E-state index is 0.00740. The minimum atomic E-state index is -0.315. The second-order valence-corrected chi connectivity index (χ2v) is 18.9. The third kappa shape index (κ3) is 4.32. The van der Waals surface area contributed by atoms with E-state index in [0.717, 1.165) is 5.92 Å². The van der Waals surface area contributed by atoms with Crippen LogP contribution < -0.4 is 5.73 Å². The van der Waals surface area contributed by atoms with Crippen LogP contribution in [0, 0.1) is 63.1 Å². The molecule has 0 aromatic rings. The summed E-state index contributed by atoms with van der Waals surface area (Å²) in [5.74, 6) is 4.14. The van der Waals surface area contributed by atoms with E-state index < -0.39 is 0 Å². The van der Waals surface area contributed by atoms with Crippen LogP contribution in [-0.2, 0) is 9.47 Å². The average molecular weight is 606 g/mol. The highest BCUT2D eigenvalue weighted by atomic mass is 16.5. The van der Waals surface area contributed by atoms with Crippen molar-refractivity contribution in [1.82, 2.24) is 0 Å². The first kappa shape index (κ1) is 32.9. The van der Waals surface area contributed by atoms with Gasteiger partial charge in [0.25, 0.3) is 0 Å². The Bertz CT molecular complexity index is 1240. The predicted octanol–water partition coefficient (Wildman–Crippen LogP) is 10.3. The lowest BCUT2D eigenvalue weighted by atomic mass is 9.36. The molecule has 1 spiro atoms. The molecular weight excluding hydrogens is 538 g/mol. The molecule has 3 saturated carbocycles. The van der Waals surface area contributed by atoms with E-state index in [1.165, 1.54) is 51.4 Å². The molecule has 4 bridgehead atoms. The zero-order valence-corrected chi connectivity index (χ0v) is 30.6. The maximum absolute atomic E-state index is 7.09. The van der Waals surface area contributed by atoms with Gasteiger partial charge in [0.1, 0.15) is 5.60 Å². The van der Waals surface area contributed by atoms with Crippen molar-refractivity contribution in [3.05, 3.63) is 35.1 Å². The molecule has 44 heavy (non-hydrogen) atoms. The van der Waals surface area contributed by atoms with Crippen molar-refractivity contribution < 1.29 is 9.47 Å². The van der Waals surface area contributed by atoms with Crippen molar-refractivity contribution in [3.63, 3.8) is 0 Å². The van der Waals surface area contributed by atoms with Crippen LogP contribution in [-0.4, -0.2) is 23.9 Å². The number of hydrogen-bond donors (Lipinski definition) is 1. The Morgan fingerprint density at radius 3 is 2.36 bits per heavy atom. The Hall–Kier alpha value is -1.06. The maximum Gasteiger partial charge on any atom is 0.112 e. The molecule has 7 rings (SSSR count). The van der Waals surface area contributed by atoms with Crippen molar-refractivity contribution in [2.45, 2.75) is 152 Å². The van der Waals surface area contributed by atoms with E-state index in [9.17, 15) is 0 Å². The smallest absolute Gasteiger partial charge is 0.112 e. The molecule has 1 aliphatic heterocycles. The van der Waals surface area contributed by atoms with Gasteiger partial charge in [-0.05, 0) is 129 Å². The number of ether oxygens (including phenoxy) is 2. The van der Waals surface area contributed by atoms with E-state index >= 15 is 0 Å². The highest BCUT2D eigenvalue weighted by Gasteiger charge is 2.68. The van der Waals surface area contributed by atoms with Crippen LogP contribution in [0.5, 0.6) is 0 Å². The van der Waals surface area contributed by atoms with Crippen LogP contribution in [0.4, 0.5) is 0 Å². The largest absolute Gasteiger partial charge is 0.495 e. The minimum Gasteiger partial charge on any atom is -0.495 e. The van der Waals surface area contributed by atoms with Gasteiger partial charge in [0.2, 0.25) is 0 Å². The van der Waals surface area contributed by atoms with E-state index in [-0.39, 0.29) is 38.9 Å². The Morgan fingerprint density at radius 1 is 1.05 bits per heavy atom. The van der Waals surface area contributed by atoms with Gasteiger partial charge in [0, 0.05) is 16.4 Å². The molecule has 6 unspecified atom stereocenters. The number of fused-ring (bicyclic) bond motifs is 5. The van der Waals surface area contributed by atoms with Crippen molar-refractivity contribution in [3.8, 4) is 0 Å². The summed E-state index contributed by atoms with van der Waals surface area (Å²) in [5.41, 5.74) is 12.3. The zero-order chi connectivity index (χ0) is 32.3. The Morgan fingerprint density at radius 2 is 1.75 bits per heavy atom. The summed E-state index contributed by atoms with van der Waals surface area (Å²) >= 11 is 0. The number of hydrogen-bond acceptors (Lipinski definition) is 3. The Balaban J connectivity index is 1.38. The molecule has 3 fully saturated rings. The van der Waals surface area contributed by atoms with Gasteiger partial charge in [-0.2, -0.15) is 0 Å². The van der Waals surface area contributed by atoms with Crippen molar-refractivity contribution >= 4 is 0 Å². The second kappa shape index (κ2) is 10.5. The summed E-state index contributed by atoms with van der Waals surface area (Å²) in [6.45, 7) is 29.9. The Kier molecular flexibility index (Phi) is 7.82. The van der Waals surface area contributed by atoms with Crippen molar-refractivity contribution in [1.29, 1.82) is 0 Å². The fourth-order valence-corrected chi connectivity index (χ4v) is 12.0. The molecule has 2 N–H and O–H groups in total. The summed E-state index contributed by atoms with van der Waals surface area (Å²) in [6, 6.07) is 0. The van der Waals surface area contributed by atoms with Crippen LogP contribution in [0.1, 0.15) is 134 Å². The lowest BCUT2D eigenvalue weighted by Gasteiger charge is -2.69. The van der Waals surface area contributed by atoms with Gasteiger partial charge in [0.15, 0.2) is 0 Å². The third-order valence-corrected chi connectivity index (χ3v) is 16.3. The molecular formula is C41H67NO2. The molecule has 11 atom stereocenters. The quantitative estimate of drug-likeness (QED) is 0.280. The first-order valence-electron chi connectivity index (χ1n) is 18.5. The molecule has 0 amide bonds. The predicted molar refractivity (Wildman–Crippen MR) is 184 cm³/mol. The summed E-state index contributed by atoms with van der Waals surface area (Å²) in [5, 5.41) is 0. The lowest BCUT2D eigenvalue weighted by molar-refractivity contribution is -0.182. The van der Waals surface area contributed by atoms with Crippen LogP contribution in [0.3, 0.4) is 0 Å². The SMILES string of the molecule is CC1=C2CC1C[C@@](C)(C1CCC3C(=CC[C@]45C=CO[C@]([C@H](C)C(C)C)(CCC34C)C5)C1(C)C(C)C)C2OC[C@](C)(N)C(C)C. The molecule has 248 valence electrons. The normalized spacial score (nSPS) is 46.6. The number of nitrogens with two attached hydrogens (primary N) is 1. The van der Waals surface area contributed by atoms with E-state index in [2.05, 4.69) is 101 Å². The molecule has 3 heteroatoms. The fraction of sp³-hybridized carbons (Fsp3) is 0.854. The molecule has 7 aliphatic rings. The van der Waals surface area contributed by atoms with Crippen LogP contribution >= 0.6 is 0 Å². The standard InChI is InChI=1S/C41H67NO2/c1-25(2)29(8)41-18-17-37(10)32-13-14-34(39(12,27(5)6)33(32)15-16-40(37,23-41)19-20-44-41)36(9)22-30-21-31(28(30)7)35(36)43-24-38(11,42)26(3)4/h15,19-20,25-27,29-30,32,34-35H,13-14,16-18,21-24,42H2,1-12H3/t29-,30?,32?,34?,35?,36+,37?,38+,39?,40-,41-/m1/s1. The van der Waals surface area contributed by atoms with Gasteiger partial charge in [-0.25, -0.2) is 0 Å². The van der Waals surface area contributed by atoms with Gasteiger partial charge in [-0.15, -0.1) is 0 Å². The van der Waals surface area contributed by atoms with Gasteiger partial charge in [-0.1, -0.05) is 86.5 Å². The van der Waals surface area contributed by atoms with Gasteiger partial charge >= 0.3 is 0 Å². The molecule has 0 saturated heterocycles. The fourth-order valence-electron chi connectivity index (χ4n) is 12.0. The van der Waals surface area contributed by atoms with Gasteiger partial charge in [-0.3, -0.25) is 0 Å². The van der Waals surface area contributed by atoms with Crippen LogP contribution in [0.15, 0.2) is 35.1 Å². The molecule has 0 radical (unpaired) electrons. The van der Waals surface area contributed by atoms with Gasteiger partial charge in [0.05, 0.1) is 19.0 Å². The topological polar surface area (TPSA) is 44.5 Å². The molecule has 3 nitrogen and oxygen atoms in total. The third-order valence-electron chi connectivity index (χ3n) is 16.3. The first-order valence-corrected chi connectivity index (χ1v) is 18.5. The summed E-state index contributed by atoms with van der Waals surface area (Å²) in [7, 11) is 0. The summed E-state index contributed by atoms with van der Waals surface area (Å²) in [6.07, 6.45) is 17.6. The highest BCUT2D eigenvalue weighted by Crippen LogP contribution is 2.74. The molecule has 0 aromatic carbocycles. The van der Waals surface area contributed by atoms with Gasteiger partial charge < -0.3 is 15.2 Å². The van der Waals surface area contributed by atoms with Crippen LogP contribution in [0.2, 0.25) is 0 Å². The molecule has 0 aromatic heterocycles. The van der Waals surface area contributed by atoms with E-state index in [1.54, 1.807) is 16.7 Å². The lowest BCUT2D eigenvalue weighted by Crippen LogP contribution is -2.64. The molecule has 6 aliphatic carbocycles. The summed E-state index contributed by atoms with van der Waals surface area (Å²) in [4.78, 5) is 0. The van der Waals surface area contributed by atoms with E-state index in [4.69, 9.17) is 15.2 Å². The van der Waals surface area contributed by atoms with Crippen molar-refractivity contribution in [2.75, 3.05) is 6.61 Å². The first-order chi connectivity index (χ1) is 20.4.